The van der Waals surface area contributed by atoms with Gasteiger partial charge >= 0.3 is 0 Å². The molecule has 0 aliphatic heterocycles. The first-order valence-corrected chi connectivity index (χ1v) is 8.65. The van der Waals surface area contributed by atoms with Crippen molar-refractivity contribution >= 4 is 17.4 Å². The van der Waals surface area contributed by atoms with E-state index in [-0.39, 0.29) is 11.9 Å². The molecule has 1 rings (SSSR count). The molecule has 1 N–H and O–H groups in total. The highest BCUT2D eigenvalue weighted by Gasteiger charge is 2.19. The number of benzene rings is 1. The van der Waals surface area contributed by atoms with Gasteiger partial charge in [0, 0.05) is 36.1 Å². The molecule has 0 saturated carbocycles. The zero-order valence-electron chi connectivity index (χ0n) is 13.2. The lowest BCUT2D eigenvalue weighted by Crippen LogP contribution is -2.33. The average Bonchev–Trinajstić information content (AvgIpc) is 2.43. The summed E-state index contributed by atoms with van der Waals surface area (Å²) >= 11 is 1.81. The first-order chi connectivity index (χ1) is 9.52. The highest BCUT2D eigenvalue weighted by atomic mass is 32.2. The summed E-state index contributed by atoms with van der Waals surface area (Å²) < 4.78 is 14.3. The van der Waals surface area contributed by atoms with Crippen molar-refractivity contribution in [2.24, 2.45) is 0 Å². The van der Waals surface area contributed by atoms with Gasteiger partial charge in [0.15, 0.2) is 0 Å². The lowest BCUT2D eigenvalue weighted by molar-refractivity contribution is 0.525. The minimum atomic E-state index is -0.123. The van der Waals surface area contributed by atoms with Crippen molar-refractivity contribution in [1.29, 1.82) is 0 Å². The molecule has 0 saturated heterocycles. The van der Waals surface area contributed by atoms with Gasteiger partial charge in [0.25, 0.3) is 0 Å². The van der Waals surface area contributed by atoms with Crippen LogP contribution in [0.3, 0.4) is 0 Å². The van der Waals surface area contributed by atoms with Crippen molar-refractivity contribution < 1.29 is 4.39 Å². The van der Waals surface area contributed by atoms with Crippen LogP contribution in [0.25, 0.3) is 0 Å². The topological polar surface area (TPSA) is 15.3 Å². The van der Waals surface area contributed by atoms with Gasteiger partial charge in [-0.25, -0.2) is 4.39 Å². The molecule has 1 aromatic rings. The second-order valence-electron chi connectivity index (χ2n) is 5.26. The van der Waals surface area contributed by atoms with Gasteiger partial charge in [-0.1, -0.05) is 13.0 Å². The summed E-state index contributed by atoms with van der Waals surface area (Å²) in [7, 11) is 2.05. The Bertz CT molecular complexity index is 411. The molecule has 0 bridgehead atoms. The summed E-state index contributed by atoms with van der Waals surface area (Å²) in [5.74, 6) is 0.908. The maximum absolute atomic E-state index is 14.3. The second-order valence-corrected chi connectivity index (χ2v) is 6.17. The number of thioether (sulfide) groups is 1. The molecule has 2 nitrogen and oxygen atoms in total. The molecule has 114 valence electrons. The smallest absolute Gasteiger partial charge is 0.130 e. The van der Waals surface area contributed by atoms with Crippen LogP contribution in [0.1, 0.15) is 38.8 Å². The molecular formula is C16H27FN2S. The molecule has 0 spiro atoms. The van der Waals surface area contributed by atoms with E-state index in [0.29, 0.717) is 6.04 Å². The number of anilines is 1. The number of halogens is 1. The van der Waals surface area contributed by atoms with E-state index in [4.69, 9.17) is 0 Å². The number of hydrogen-bond acceptors (Lipinski definition) is 3. The molecule has 0 aliphatic carbocycles. The van der Waals surface area contributed by atoms with E-state index in [1.54, 1.807) is 12.1 Å². The molecule has 2 unspecified atom stereocenters. The fraction of sp³-hybridized carbons (Fsp3) is 0.625. The van der Waals surface area contributed by atoms with Crippen molar-refractivity contribution in [1.82, 2.24) is 5.32 Å². The van der Waals surface area contributed by atoms with E-state index in [9.17, 15) is 4.39 Å². The molecule has 1 aromatic carbocycles. The number of nitrogens with zero attached hydrogens (tertiary/aromatic N) is 1. The van der Waals surface area contributed by atoms with Crippen molar-refractivity contribution in [2.45, 2.75) is 39.3 Å². The summed E-state index contributed by atoms with van der Waals surface area (Å²) in [6.07, 6.45) is 3.15. The number of rotatable bonds is 8. The molecule has 20 heavy (non-hydrogen) atoms. The molecule has 0 fully saturated rings. The molecule has 0 radical (unpaired) electrons. The Morgan fingerprint density at radius 2 is 2.05 bits per heavy atom. The zero-order chi connectivity index (χ0) is 15.1. The first kappa shape index (κ1) is 17.3. The monoisotopic (exact) mass is 298 g/mol. The fourth-order valence-electron chi connectivity index (χ4n) is 2.32. The number of hydrogen-bond donors (Lipinski definition) is 1. The van der Waals surface area contributed by atoms with Crippen LogP contribution in [0.5, 0.6) is 0 Å². The van der Waals surface area contributed by atoms with Crippen LogP contribution in [-0.4, -0.2) is 31.6 Å². The standard InChI is InChI=1S/C16H27FN2S/c1-6-10-18-13(3)16-14(17)8-7-9-15(16)19(4)12(2)11-20-5/h7-9,12-13,18H,6,10-11H2,1-5H3. The van der Waals surface area contributed by atoms with Gasteiger partial charge in [-0.15, -0.1) is 0 Å². The Labute approximate surface area is 127 Å². The summed E-state index contributed by atoms with van der Waals surface area (Å²) in [5, 5.41) is 3.38. The third kappa shape index (κ3) is 4.38. The Hall–Kier alpha value is -0.740. The maximum atomic E-state index is 14.3. The lowest BCUT2D eigenvalue weighted by atomic mass is 10.0. The SMILES string of the molecule is CCCNC(C)c1c(F)cccc1N(C)C(C)CSC. The largest absolute Gasteiger partial charge is 0.371 e. The van der Waals surface area contributed by atoms with Crippen molar-refractivity contribution in [3.63, 3.8) is 0 Å². The van der Waals surface area contributed by atoms with Gasteiger partial charge < -0.3 is 10.2 Å². The molecule has 0 aromatic heterocycles. The molecule has 0 heterocycles. The van der Waals surface area contributed by atoms with E-state index in [0.717, 1.165) is 30.0 Å². The van der Waals surface area contributed by atoms with Crippen LogP contribution in [0, 0.1) is 5.82 Å². The maximum Gasteiger partial charge on any atom is 0.130 e. The van der Waals surface area contributed by atoms with Crippen LogP contribution in [-0.2, 0) is 0 Å². The summed E-state index contributed by atoms with van der Waals surface area (Å²) in [5.41, 5.74) is 1.76. The van der Waals surface area contributed by atoms with Crippen LogP contribution in [0.4, 0.5) is 10.1 Å². The third-order valence-corrected chi connectivity index (χ3v) is 4.43. The van der Waals surface area contributed by atoms with Gasteiger partial charge in [0.1, 0.15) is 5.82 Å². The predicted molar refractivity (Wildman–Crippen MR) is 89.4 cm³/mol. The van der Waals surface area contributed by atoms with Crippen LogP contribution in [0.15, 0.2) is 18.2 Å². The molecule has 0 amide bonds. The Morgan fingerprint density at radius 3 is 2.65 bits per heavy atom. The van der Waals surface area contributed by atoms with Gasteiger partial charge in [0.2, 0.25) is 0 Å². The minimum Gasteiger partial charge on any atom is -0.371 e. The first-order valence-electron chi connectivity index (χ1n) is 7.26. The Kier molecular flexibility index (Phi) is 7.38. The molecular weight excluding hydrogens is 271 g/mol. The highest BCUT2D eigenvalue weighted by molar-refractivity contribution is 7.98. The lowest BCUT2D eigenvalue weighted by Gasteiger charge is -2.30. The van der Waals surface area contributed by atoms with Gasteiger partial charge in [0.05, 0.1) is 0 Å². The van der Waals surface area contributed by atoms with E-state index in [1.165, 1.54) is 0 Å². The van der Waals surface area contributed by atoms with Crippen molar-refractivity contribution in [2.75, 3.05) is 30.5 Å². The quantitative estimate of drug-likeness (QED) is 0.778. The third-order valence-electron chi connectivity index (χ3n) is 3.61. The molecule has 4 heteroatoms. The summed E-state index contributed by atoms with van der Waals surface area (Å²) in [6, 6.07) is 5.76. The number of nitrogens with one attached hydrogen (secondary N) is 1. The normalized spacial score (nSPS) is 14.1. The summed E-state index contributed by atoms with van der Waals surface area (Å²) in [4.78, 5) is 2.18. The summed E-state index contributed by atoms with van der Waals surface area (Å²) in [6.45, 7) is 7.23. The van der Waals surface area contributed by atoms with Gasteiger partial charge in [-0.05, 0) is 45.2 Å². The minimum absolute atomic E-state index is 0.0232. The Balaban J connectivity index is 3.03. The fourth-order valence-corrected chi connectivity index (χ4v) is 3.02. The van der Waals surface area contributed by atoms with Crippen LogP contribution in [0.2, 0.25) is 0 Å². The molecule has 2 atom stereocenters. The van der Waals surface area contributed by atoms with E-state index in [1.807, 2.05) is 31.8 Å². The van der Waals surface area contributed by atoms with Crippen molar-refractivity contribution in [3.8, 4) is 0 Å². The molecule has 0 aliphatic rings. The predicted octanol–water partition coefficient (Wildman–Crippen LogP) is 4.07. The van der Waals surface area contributed by atoms with Crippen LogP contribution < -0.4 is 10.2 Å². The van der Waals surface area contributed by atoms with Crippen molar-refractivity contribution in [3.05, 3.63) is 29.6 Å². The van der Waals surface area contributed by atoms with E-state index in [2.05, 4.69) is 30.3 Å². The second kappa shape index (κ2) is 8.53. The van der Waals surface area contributed by atoms with E-state index >= 15 is 0 Å². The van der Waals surface area contributed by atoms with Gasteiger partial charge in [-0.2, -0.15) is 11.8 Å². The van der Waals surface area contributed by atoms with Gasteiger partial charge in [-0.3, -0.25) is 0 Å². The Morgan fingerprint density at radius 1 is 1.35 bits per heavy atom. The van der Waals surface area contributed by atoms with Crippen LogP contribution >= 0.6 is 11.8 Å². The zero-order valence-corrected chi connectivity index (χ0v) is 14.1. The average molecular weight is 298 g/mol. The highest BCUT2D eigenvalue weighted by Crippen LogP contribution is 2.29. The van der Waals surface area contributed by atoms with E-state index < -0.39 is 0 Å².